The predicted octanol–water partition coefficient (Wildman–Crippen LogP) is 6.54. The van der Waals surface area contributed by atoms with E-state index in [4.69, 9.17) is 17.0 Å². The van der Waals surface area contributed by atoms with Crippen molar-refractivity contribution >= 4 is 40.3 Å². The Kier molecular flexibility index (Phi) is 6.54. The summed E-state index contributed by atoms with van der Waals surface area (Å²) in [6.45, 7) is 4.60. The molecule has 0 aliphatic carbocycles. The maximum absolute atomic E-state index is 13.0. The van der Waals surface area contributed by atoms with Gasteiger partial charge in [-0.3, -0.25) is 9.69 Å². The summed E-state index contributed by atoms with van der Waals surface area (Å²) in [5.41, 5.74) is 4.37. The van der Waals surface area contributed by atoms with Gasteiger partial charge in [-0.25, -0.2) is 0 Å². The smallest absolute Gasteiger partial charge is 0.266 e. The Morgan fingerprint density at radius 2 is 1.68 bits per heavy atom. The van der Waals surface area contributed by atoms with Crippen LogP contribution in [0.3, 0.4) is 0 Å². The van der Waals surface area contributed by atoms with Crippen LogP contribution in [-0.4, -0.2) is 15.1 Å². The van der Waals surface area contributed by atoms with E-state index in [1.54, 1.807) is 4.90 Å². The summed E-state index contributed by atoms with van der Waals surface area (Å²) in [7, 11) is 0. The van der Waals surface area contributed by atoms with Crippen molar-refractivity contribution in [2.75, 3.05) is 0 Å². The van der Waals surface area contributed by atoms with Crippen molar-refractivity contribution in [2.24, 2.45) is 0 Å². The zero-order chi connectivity index (χ0) is 21.8. The molecule has 5 heteroatoms. The fraction of sp³-hybridized carbons (Fsp3) is 0.154. The van der Waals surface area contributed by atoms with Gasteiger partial charge < -0.3 is 4.74 Å². The number of benzene rings is 3. The lowest BCUT2D eigenvalue weighted by Gasteiger charge is -2.23. The van der Waals surface area contributed by atoms with Crippen LogP contribution in [-0.2, 0) is 11.4 Å². The number of ether oxygens (including phenoxy) is 1. The Balaban J connectivity index is 1.43. The van der Waals surface area contributed by atoms with Gasteiger partial charge in [0, 0.05) is 0 Å². The Hall–Kier alpha value is -2.89. The van der Waals surface area contributed by atoms with E-state index in [1.807, 2.05) is 67.6 Å². The van der Waals surface area contributed by atoms with E-state index in [1.165, 1.54) is 17.3 Å². The number of rotatable bonds is 6. The summed E-state index contributed by atoms with van der Waals surface area (Å²) >= 11 is 6.85. The normalized spacial score (nSPS) is 16.1. The molecule has 0 N–H and O–H groups in total. The van der Waals surface area contributed by atoms with Crippen LogP contribution in [0.4, 0.5) is 0 Å². The van der Waals surface area contributed by atoms with Crippen molar-refractivity contribution in [3.8, 4) is 5.75 Å². The number of carbonyl (C=O) groups is 1. The molecule has 1 saturated heterocycles. The van der Waals surface area contributed by atoms with Crippen LogP contribution in [0.25, 0.3) is 6.08 Å². The first-order chi connectivity index (χ1) is 15.0. The molecule has 31 heavy (non-hydrogen) atoms. The van der Waals surface area contributed by atoms with Crippen molar-refractivity contribution in [3.05, 3.63) is 106 Å². The highest BCUT2D eigenvalue weighted by molar-refractivity contribution is 8.26. The van der Waals surface area contributed by atoms with Crippen LogP contribution >= 0.6 is 24.0 Å². The molecule has 0 aromatic heterocycles. The van der Waals surface area contributed by atoms with Crippen molar-refractivity contribution in [1.82, 2.24) is 4.90 Å². The van der Waals surface area contributed by atoms with Gasteiger partial charge in [0.1, 0.15) is 16.7 Å². The number of carbonyl (C=O) groups excluding carboxylic acids is 1. The summed E-state index contributed by atoms with van der Waals surface area (Å²) < 4.78 is 6.46. The van der Waals surface area contributed by atoms with Crippen LogP contribution in [0.1, 0.15) is 35.2 Å². The first-order valence-electron chi connectivity index (χ1n) is 10.1. The van der Waals surface area contributed by atoms with Gasteiger partial charge in [0.05, 0.1) is 10.9 Å². The third-order valence-electron chi connectivity index (χ3n) is 5.20. The fourth-order valence-electron chi connectivity index (χ4n) is 3.36. The molecule has 1 heterocycles. The minimum atomic E-state index is -0.0999. The van der Waals surface area contributed by atoms with Gasteiger partial charge in [-0.2, -0.15) is 0 Å². The van der Waals surface area contributed by atoms with Crippen LogP contribution in [0.2, 0.25) is 0 Å². The first-order valence-corrected chi connectivity index (χ1v) is 11.3. The number of nitrogens with zero attached hydrogens (tertiary/aromatic N) is 1. The minimum absolute atomic E-state index is 0.0500. The molecule has 1 aliphatic heterocycles. The molecular weight excluding hydrogens is 422 g/mol. The van der Waals surface area contributed by atoms with E-state index in [-0.39, 0.29) is 11.9 Å². The highest BCUT2D eigenvalue weighted by Crippen LogP contribution is 2.38. The maximum Gasteiger partial charge on any atom is 0.266 e. The third kappa shape index (κ3) is 5.06. The Morgan fingerprint density at radius 3 is 2.35 bits per heavy atom. The minimum Gasteiger partial charge on any atom is -0.489 e. The number of thiocarbonyl (C=S) groups is 1. The summed E-state index contributed by atoms with van der Waals surface area (Å²) in [4.78, 5) is 15.3. The van der Waals surface area contributed by atoms with Crippen LogP contribution in [0.15, 0.2) is 83.8 Å². The molecule has 156 valence electrons. The first kappa shape index (κ1) is 21.3. The molecular formula is C26H23NO2S2. The molecule has 1 aliphatic rings. The molecule has 3 aromatic rings. The van der Waals surface area contributed by atoms with E-state index in [2.05, 4.69) is 31.2 Å². The van der Waals surface area contributed by atoms with Crippen molar-refractivity contribution in [2.45, 2.75) is 26.5 Å². The molecule has 4 rings (SSSR count). The number of hydrogen-bond acceptors (Lipinski definition) is 4. The van der Waals surface area contributed by atoms with Gasteiger partial charge in [-0.05, 0) is 48.7 Å². The molecule has 0 bridgehead atoms. The zero-order valence-corrected chi connectivity index (χ0v) is 19.1. The average molecular weight is 446 g/mol. The van der Waals surface area contributed by atoms with E-state index in [9.17, 15) is 4.79 Å². The largest absolute Gasteiger partial charge is 0.489 e. The zero-order valence-electron chi connectivity index (χ0n) is 17.4. The Labute approximate surface area is 192 Å². The maximum atomic E-state index is 13.0. The fourth-order valence-corrected chi connectivity index (χ4v) is 4.78. The number of aryl methyl sites for hydroxylation is 1. The predicted molar refractivity (Wildman–Crippen MR) is 132 cm³/mol. The average Bonchev–Trinajstić information content (AvgIpc) is 3.07. The SMILES string of the molecule is Cc1ccc(COc2ccc(/C=C3\SC(=S)N(C(C)c4ccccc4)C3=O)cc2)cc1. The van der Waals surface area contributed by atoms with E-state index < -0.39 is 0 Å². The number of thioether (sulfide) groups is 1. The lowest BCUT2D eigenvalue weighted by atomic mass is 10.1. The second-order valence-corrected chi connectivity index (χ2v) is 9.16. The van der Waals surface area contributed by atoms with Crippen molar-refractivity contribution in [3.63, 3.8) is 0 Å². The van der Waals surface area contributed by atoms with Crippen LogP contribution < -0.4 is 4.74 Å². The van der Waals surface area contributed by atoms with Gasteiger partial charge in [-0.1, -0.05) is 96.3 Å². The number of hydrogen-bond donors (Lipinski definition) is 0. The molecule has 0 saturated carbocycles. The molecule has 1 unspecified atom stereocenters. The van der Waals surface area contributed by atoms with E-state index >= 15 is 0 Å². The van der Waals surface area contributed by atoms with Crippen molar-refractivity contribution in [1.29, 1.82) is 0 Å². The van der Waals surface area contributed by atoms with Crippen LogP contribution in [0, 0.1) is 6.92 Å². The van der Waals surface area contributed by atoms with Crippen LogP contribution in [0.5, 0.6) is 5.75 Å². The van der Waals surface area contributed by atoms with Gasteiger partial charge in [-0.15, -0.1) is 0 Å². The number of amides is 1. The molecule has 3 aromatic carbocycles. The van der Waals surface area contributed by atoms with Gasteiger partial charge in [0.25, 0.3) is 5.91 Å². The van der Waals surface area contributed by atoms with Gasteiger partial charge >= 0.3 is 0 Å². The highest BCUT2D eigenvalue weighted by atomic mass is 32.2. The molecule has 1 amide bonds. The lowest BCUT2D eigenvalue weighted by molar-refractivity contribution is -0.123. The lowest BCUT2D eigenvalue weighted by Crippen LogP contribution is -2.30. The van der Waals surface area contributed by atoms with E-state index in [0.29, 0.717) is 15.8 Å². The van der Waals surface area contributed by atoms with Crippen molar-refractivity contribution < 1.29 is 9.53 Å². The molecule has 0 spiro atoms. The molecule has 1 fully saturated rings. The summed E-state index contributed by atoms with van der Waals surface area (Å²) in [5, 5.41) is 0. The monoisotopic (exact) mass is 445 g/mol. The standard InChI is InChI=1S/C26H23NO2S2/c1-18-8-10-21(11-9-18)17-29-23-14-12-20(13-15-23)16-24-25(28)27(26(30)31-24)19(2)22-6-4-3-5-7-22/h3-16,19H,17H2,1-2H3/b24-16-. The highest BCUT2D eigenvalue weighted by Gasteiger charge is 2.35. The summed E-state index contributed by atoms with van der Waals surface area (Å²) in [6.07, 6.45) is 1.89. The van der Waals surface area contributed by atoms with E-state index in [0.717, 1.165) is 22.4 Å². The third-order valence-corrected chi connectivity index (χ3v) is 6.53. The topological polar surface area (TPSA) is 29.5 Å². The van der Waals surface area contributed by atoms with Gasteiger partial charge in [0.15, 0.2) is 0 Å². The second-order valence-electron chi connectivity index (χ2n) is 7.48. The Bertz CT molecular complexity index is 1110. The Morgan fingerprint density at radius 1 is 1.00 bits per heavy atom. The molecule has 3 nitrogen and oxygen atoms in total. The second kappa shape index (κ2) is 9.50. The van der Waals surface area contributed by atoms with Gasteiger partial charge in [0.2, 0.25) is 0 Å². The molecule has 0 radical (unpaired) electrons. The molecule has 1 atom stereocenters. The quantitative estimate of drug-likeness (QED) is 0.318. The summed E-state index contributed by atoms with van der Waals surface area (Å²) in [5.74, 6) is 0.744. The summed E-state index contributed by atoms with van der Waals surface area (Å²) in [6, 6.07) is 25.9.